The van der Waals surface area contributed by atoms with Gasteiger partial charge in [-0.2, -0.15) is 13.2 Å². The van der Waals surface area contributed by atoms with Crippen molar-refractivity contribution in [2.75, 3.05) is 5.32 Å². The molecule has 0 radical (unpaired) electrons. The lowest BCUT2D eigenvalue weighted by atomic mass is 10.0. The number of halogens is 3. The molecule has 0 atom stereocenters. The number of alkyl halides is 3. The van der Waals surface area contributed by atoms with Crippen molar-refractivity contribution in [3.05, 3.63) is 89.7 Å². The number of nitrogens with zero attached hydrogens (tertiary/aromatic N) is 2. The first kappa shape index (κ1) is 18.7. The predicted octanol–water partition coefficient (Wildman–Crippen LogP) is 5.58. The minimum atomic E-state index is -4.61. The van der Waals surface area contributed by atoms with Crippen LogP contribution >= 0.6 is 0 Å². The van der Waals surface area contributed by atoms with E-state index in [1.54, 1.807) is 19.1 Å². The SMILES string of the molecule is Cc1ccc(-c2cn3ccccc3n2)cc1NC(=O)c1ccccc1C(F)(F)F. The molecule has 0 aliphatic rings. The number of rotatable bonds is 3. The number of carbonyl (C=O) groups is 1. The second kappa shape index (κ2) is 7.09. The highest BCUT2D eigenvalue weighted by atomic mass is 19.4. The average molecular weight is 395 g/mol. The number of hydrogen-bond acceptors (Lipinski definition) is 2. The van der Waals surface area contributed by atoms with Crippen LogP contribution in [0.2, 0.25) is 0 Å². The Kier molecular flexibility index (Phi) is 4.58. The van der Waals surface area contributed by atoms with Crippen LogP contribution in [0.15, 0.2) is 73.1 Å². The number of hydrogen-bond donors (Lipinski definition) is 1. The third kappa shape index (κ3) is 3.71. The van der Waals surface area contributed by atoms with Gasteiger partial charge in [-0.25, -0.2) is 4.98 Å². The van der Waals surface area contributed by atoms with Crippen molar-refractivity contribution in [2.24, 2.45) is 0 Å². The van der Waals surface area contributed by atoms with Crippen molar-refractivity contribution < 1.29 is 18.0 Å². The van der Waals surface area contributed by atoms with Crippen molar-refractivity contribution >= 4 is 17.2 Å². The third-order valence-corrected chi connectivity index (χ3v) is 4.62. The Morgan fingerprint density at radius 2 is 1.79 bits per heavy atom. The first-order valence-corrected chi connectivity index (χ1v) is 8.85. The number of benzene rings is 2. The van der Waals surface area contributed by atoms with Crippen LogP contribution < -0.4 is 5.32 Å². The molecular formula is C22H16F3N3O. The lowest BCUT2D eigenvalue weighted by molar-refractivity contribution is -0.137. The quantitative estimate of drug-likeness (QED) is 0.492. The molecule has 0 aliphatic carbocycles. The largest absolute Gasteiger partial charge is 0.417 e. The molecule has 7 heteroatoms. The maximum Gasteiger partial charge on any atom is 0.417 e. The maximum absolute atomic E-state index is 13.2. The van der Waals surface area contributed by atoms with Crippen LogP contribution in [0.3, 0.4) is 0 Å². The van der Waals surface area contributed by atoms with Crippen molar-refractivity contribution in [3.8, 4) is 11.3 Å². The molecule has 1 amide bonds. The van der Waals surface area contributed by atoms with E-state index in [4.69, 9.17) is 0 Å². The molecule has 4 rings (SSSR count). The van der Waals surface area contributed by atoms with Crippen molar-refractivity contribution in [1.29, 1.82) is 0 Å². The van der Waals surface area contributed by atoms with Gasteiger partial charge in [0.1, 0.15) is 5.65 Å². The molecule has 0 spiro atoms. The molecule has 2 aromatic carbocycles. The van der Waals surface area contributed by atoms with E-state index < -0.39 is 23.2 Å². The summed E-state index contributed by atoms with van der Waals surface area (Å²) in [6.07, 6.45) is -0.886. The monoisotopic (exact) mass is 395 g/mol. The number of pyridine rings is 1. The van der Waals surface area contributed by atoms with Crippen LogP contribution in [0.1, 0.15) is 21.5 Å². The van der Waals surface area contributed by atoms with Gasteiger partial charge in [0.15, 0.2) is 0 Å². The molecule has 4 aromatic rings. The van der Waals surface area contributed by atoms with Gasteiger partial charge in [-0.3, -0.25) is 4.79 Å². The van der Waals surface area contributed by atoms with Crippen molar-refractivity contribution in [1.82, 2.24) is 9.38 Å². The summed E-state index contributed by atoms with van der Waals surface area (Å²) in [5.41, 5.74) is 2.00. The minimum Gasteiger partial charge on any atom is -0.322 e. The van der Waals surface area contributed by atoms with Gasteiger partial charge in [-0.05, 0) is 42.8 Å². The Bertz CT molecular complexity index is 1180. The number of fused-ring (bicyclic) bond motifs is 1. The molecule has 4 nitrogen and oxygen atoms in total. The van der Waals surface area contributed by atoms with Crippen LogP contribution in [-0.2, 0) is 6.18 Å². The molecule has 0 unspecified atom stereocenters. The highest BCUT2D eigenvalue weighted by molar-refractivity contribution is 6.06. The van der Waals surface area contributed by atoms with Gasteiger partial charge in [-0.15, -0.1) is 0 Å². The zero-order valence-corrected chi connectivity index (χ0v) is 15.4. The Morgan fingerprint density at radius 1 is 1.03 bits per heavy atom. The Balaban J connectivity index is 1.68. The summed E-state index contributed by atoms with van der Waals surface area (Å²) < 4.78 is 41.5. The molecule has 1 N–H and O–H groups in total. The number of amides is 1. The fourth-order valence-corrected chi connectivity index (χ4v) is 3.11. The van der Waals surface area contributed by atoms with Crippen molar-refractivity contribution in [2.45, 2.75) is 13.1 Å². The molecule has 29 heavy (non-hydrogen) atoms. The van der Waals surface area contributed by atoms with Gasteiger partial charge in [0, 0.05) is 23.6 Å². The molecule has 2 heterocycles. The topological polar surface area (TPSA) is 46.4 Å². The summed E-state index contributed by atoms with van der Waals surface area (Å²) >= 11 is 0. The normalized spacial score (nSPS) is 11.6. The van der Waals surface area contributed by atoms with E-state index in [0.29, 0.717) is 11.4 Å². The van der Waals surface area contributed by atoms with E-state index >= 15 is 0 Å². The van der Waals surface area contributed by atoms with Crippen LogP contribution in [0, 0.1) is 6.92 Å². The third-order valence-electron chi connectivity index (χ3n) is 4.62. The smallest absolute Gasteiger partial charge is 0.322 e. The van der Waals surface area contributed by atoms with Crippen LogP contribution in [0.5, 0.6) is 0 Å². The first-order valence-electron chi connectivity index (χ1n) is 8.85. The molecule has 2 aromatic heterocycles. The van der Waals surface area contributed by atoms with E-state index in [9.17, 15) is 18.0 Å². The number of nitrogens with one attached hydrogen (secondary N) is 1. The van der Waals surface area contributed by atoms with Crippen molar-refractivity contribution in [3.63, 3.8) is 0 Å². The summed E-state index contributed by atoms with van der Waals surface area (Å²) in [6.45, 7) is 1.78. The van der Waals surface area contributed by atoms with Crippen LogP contribution in [-0.4, -0.2) is 15.3 Å². The number of carbonyl (C=O) groups excluding carboxylic acids is 1. The molecule has 0 saturated carbocycles. The number of aryl methyl sites for hydroxylation is 1. The summed E-state index contributed by atoms with van der Waals surface area (Å²) in [5, 5.41) is 2.61. The fraction of sp³-hybridized carbons (Fsp3) is 0.0909. The molecular weight excluding hydrogens is 379 g/mol. The zero-order valence-electron chi connectivity index (χ0n) is 15.4. The lowest BCUT2D eigenvalue weighted by Crippen LogP contribution is -2.19. The summed E-state index contributed by atoms with van der Waals surface area (Å²) in [5.74, 6) is -0.812. The van der Waals surface area contributed by atoms with Gasteiger partial charge in [-0.1, -0.05) is 30.3 Å². The standard InChI is InChI=1S/C22H16F3N3O/c1-14-9-10-15(19-13-28-11-5-4-8-20(28)26-19)12-18(14)27-21(29)16-6-2-3-7-17(16)22(23,24)25/h2-13H,1H3,(H,27,29). The summed E-state index contributed by atoms with van der Waals surface area (Å²) in [6, 6.07) is 15.7. The van der Waals surface area contributed by atoms with Gasteiger partial charge >= 0.3 is 6.18 Å². The Morgan fingerprint density at radius 3 is 2.55 bits per heavy atom. The minimum absolute atomic E-state index is 0.419. The average Bonchev–Trinajstić information content (AvgIpc) is 3.13. The molecule has 0 aliphatic heterocycles. The second-order valence-electron chi connectivity index (χ2n) is 6.62. The summed E-state index contributed by atoms with van der Waals surface area (Å²) in [4.78, 5) is 17.1. The van der Waals surface area contributed by atoms with E-state index in [0.717, 1.165) is 22.8 Å². The maximum atomic E-state index is 13.2. The Hall–Kier alpha value is -3.61. The van der Waals surface area contributed by atoms with E-state index in [1.165, 1.54) is 18.2 Å². The Labute approximate surface area is 164 Å². The van der Waals surface area contributed by atoms with Crippen LogP contribution in [0.4, 0.5) is 18.9 Å². The van der Waals surface area contributed by atoms with E-state index in [2.05, 4.69) is 10.3 Å². The lowest BCUT2D eigenvalue weighted by Gasteiger charge is -2.14. The molecule has 146 valence electrons. The highest BCUT2D eigenvalue weighted by Gasteiger charge is 2.34. The van der Waals surface area contributed by atoms with Gasteiger partial charge in [0.05, 0.1) is 16.8 Å². The number of imidazole rings is 1. The number of anilines is 1. The predicted molar refractivity (Wildman–Crippen MR) is 105 cm³/mol. The highest BCUT2D eigenvalue weighted by Crippen LogP contribution is 2.32. The zero-order chi connectivity index (χ0) is 20.6. The number of aromatic nitrogens is 2. The molecule has 0 saturated heterocycles. The fourth-order valence-electron chi connectivity index (χ4n) is 3.11. The van der Waals surface area contributed by atoms with E-state index in [-0.39, 0.29) is 0 Å². The summed E-state index contributed by atoms with van der Waals surface area (Å²) in [7, 11) is 0. The van der Waals surface area contributed by atoms with E-state index in [1.807, 2.05) is 41.1 Å². The molecule has 0 bridgehead atoms. The van der Waals surface area contributed by atoms with Crippen LogP contribution in [0.25, 0.3) is 16.9 Å². The van der Waals surface area contributed by atoms with Gasteiger partial charge in [0.2, 0.25) is 0 Å². The van der Waals surface area contributed by atoms with Gasteiger partial charge < -0.3 is 9.72 Å². The van der Waals surface area contributed by atoms with Gasteiger partial charge in [0.25, 0.3) is 5.91 Å². The molecule has 0 fully saturated rings. The second-order valence-corrected chi connectivity index (χ2v) is 6.62. The first-order chi connectivity index (χ1) is 13.8.